The Morgan fingerprint density at radius 3 is 2.75 bits per heavy atom. The van der Waals surface area contributed by atoms with Gasteiger partial charge in [0.25, 0.3) is 0 Å². The normalized spacial score (nSPS) is 11.8. The van der Waals surface area contributed by atoms with Crippen molar-refractivity contribution < 1.29 is 9.84 Å². The van der Waals surface area contributed by atoms with Crippen LogP contribution >= 0.6 is 27.3 Å². The molecule has 5 heteroatoms. The Bertz CT molecular complexity index is 339. The van der Waals surface area contributed by atoms with E-state index in [2.05, 4.69) is 27.3 Å². The van der Waals surface area contributed by atoms with E-state index >= 15 is 0 Å². The Labute approximate surface area is 109 Å². The molecule has 0 amide bonds. The Morgan fingerprint density at radius 1 is 1.56 bits per heavy atom. The summed E-state index contributed by atoms with van der Waals surface area (Å²) in [6.45, 7) is 5.85. The van der Waals surface area contributed by atoms with Crippen molar-refractivity contribution >= 4 is 27.3 Å². The van der Waals surface area contributed by atoms with E-state index in [0.29, 0.717) is 0 Å². The van der Waals surface area contributed by atoms with Crippen molar-refractivity contribution in [3.63, 3.8) is 0 Å². The Hall–Kier alpha value is -0.100. The lowest BCUT2D eigenvalue weighted by molar-refractivity contribution is 0.157. The van der Waals surface area contributed by atoms with Gasteiger partial charge >= 0.3 is 0 Å². The van der Waals surface area contributed by atoms with E-state index in [1.165, 1.54) is 4.88 Å². The second kappa shape index (κ2) is 6.00. The minimum absolute atomic E-state index is 0.0709. The lowest BCUT2D eigenvalue weighted by Gasteiger charge is -2.21. The predicted octanol–water partition coefficient (Wildman–Crippen LogP) is 2.63. The van der Waals surface area contributed by atoms with Crippen LogP contribution in [0.2, 0.25) is 0 Å². The van der Waals surface area contributed by atoms with Gasteiger partial charge in [0.2, 0.25) is 0 Å². The van der Waals surface area contributed by atoms with Crippen molar-refractivity contribution in [2.75, 3.05) is 20.3 Å². The van der Waals surface area contributed by atoms with Crippen LogP contribution in [0.15, 0.2) is 10.5 Å². The van der Waals surface area contributed by atoms with E-state index in [0.717, 1.165) is 22.6 Å². The molecule has 3 nitrogen and oxygen atoms in total. The van der Waals surface area contributed by atoms with E-state index in [1.54, 1.807) is 18.4 Å². The summed E-state index contributed by atoms with van der Waals surface area (Å²) in [5.41, 5.74) is -0.0709. The van der Waals surface area contributed by atoms with Crippen molar-refractivity contribution in [3.05, 3.63) is 15.4 Å². The van der Waals surface area contributed by atoms with Gasteiger partial charge in [-0.15, -0.1) is 11.3 Å². The smallest absolute Gasteiger partial charge is 0.188 e. The molecule has 0 fully saturated rings. The number of aliphatic hydroxyl groups is 1. The molecule has 0 atom stereocenters. The lowest BCUT2D eigenvalue weighted by atomic mass is 9.95. The van der Waals surface area contributed by atoms with E-state index in [-0.39, 0.29) is 12.0 Å². The molecule has 0 unspecified atom stereocenters. The summed E-state index contributed by atoms with van der Waals surface area (Å²) in [6, 6.07) is 2.06. The number of ether oxygens (including phenoxy) is 1. The van der Waals surface area contributed by atoms with Crippen LogP contribution in [0.25, 0.3) is 0 Å². The second-order valence-corrected chi connectivity index (χ2v) is 6.43. The summed E-state index contributed by atoms with van der Waals surface area (Å²) in [7, 11) is 1.67. The first-order chi connectivity index (χ1) is 7.48. The first kappa shape index (κ1) is 14.0. The molecular weight excluding hydrogens is 290 g/mol. The zero-order valence-electron chi connectivity index (χ0n) is 9.84. The molecule has 0 radical (unpaired) electrons. The predicted molar refractivity (Wildman–Crippen MR) is 71.1 cm³/mol. The van der Waals surface area contributed by atoms with Crippen molar-refractivity contribution in [2.45, 2.75) is 20.4 Å². The van der Waals surface area contributed by atoms with Gasteiger partial charge in [-0.25, -0.2) is 0 Å². The molecule has 1 aromatic heterocycles. The summed E-state index contributed by atoms with van der Waals surface area (Å²) in [5.74, 6) is 0. The fraction of sp³-hybridized carbons (Fsp3) is 0.636. The van der Waals surface area contributed by atoms with Crippen LogP contribution in [0.1, 0.15) is 18.7 Å². The maximum absolute atomic E-state index is 9.11. The molecule has 0 saturated heterocycles. The molecule has 1 heterocycles. The first-order valence-electron chi connectivity index (χ1n) is 5.12. The van der Waals surface area contributed by atoms with Gasteiger partial charge in [0.1, 0.15) is 0 Å². The molecule has 0 bridgehead atoms. The largest absolute Gasteiger partial charge is 0.486 e. The Kier molecular flexibility index (Phi) is 5.24. The highest BCUT2D eigenvalue weighted by atomic mass is 79.9. The van der Waals surface area contributed by atoms with Crippen molar-refractivity contribution in [1.29, 1.82) is 0 Å². The molecule has 1 aromatic rings. The van der Waals surface area contributed by atoms with Crippen LogP contribution in [0, 0.1) is 5.41 Å². The fourth-order valence-corrected chi connectivity index (χ4v) is 2.87. The standard InChI is InChI=1S/C11H18BrNO2S/c1-11(2,7-14)6-13-5-8-4-9(12)10(15-3)16-8/h4,13-14H,5-7H2,1-3H3. The molecule has 16 heavy (non-hydrogen) atoms. The van der Waals surface area contributed by atoms with Crippen LogP contribution in [-0.2, 0) is 6.54 Å². The molecule has 0 aliphatic carbocycles. The van der Waals surface area contributed by atoms with Crippen molar-refractivity contribution in [1.82, 2.24) is 5.32 Å². The van der Waals surface area contributed by atoms with E-state index in [9.17, 15) is 0 Å². The average Bonchev–Trinajstić information content (AvgIpc) is 2.59. The second-order valence-electron chi connectivity index (χ2n) is 4.48. The SMILES string of the molecule is COc1sc(CNCC(C)(C)CO)cc1Br. The van der Waals surface area contributed by atoms with Crippen LogP contribution < -0.4 is 10.1 Å². The highest BCUT2D eigenvalue weighted by Crippen LogP contribution is 2.34. The molecule has 1 rings (SSSR count). The molecule has 0 aromatic carbocycles. The molecular formula is C11H18BrNO2S. The summed E-state index contributed by atoms with van der Waals surface area (Å²) < 4.78 is 6.20. The third-order valence-corrected chi connectivity index (χ3v) is 4.17. The molecule has 0 aliphatic heterocycles. The van der Waals surface area contributed by atoms with E-state index in [1.807, 2.05) is 13.8 Å². The van der Waals surface area contributed by atoms with Crippen LogP contribution in [0.4, 0.5) is 0 Å². The molecule has 92 valence electrons. The number of hydrogen-bond acceptors (Lipinski definition) is 4. The van der Waals surface area contributed by atoms with Crippen LogP contribution in [-0.4, -0.2) is 25.4 Å². The number of halogens is 1. The van der Waals surface area contributed by atoms with Gasteiger partial charge in [-0.1, -0.05) is 13.8 Å². The molecule has 0 spiro atoms. The van der Waals surface area contributed by atoms with E-state index in [4.69, 9.17) is 9.84 Å². The van der Waals surface area contributed by atoms with Gasteiger partial charge in [0.05, 0.1) is 11.6 Å². The maximum Gasteiger partial charge on any atom is 0.188 e. The number of methoxy groups -OCH3 is 1. The minimum Gasteiger partial charge on any atom is -0.486 e. The minimum atomic E-state index is -0.0709. The third-order valence-electron chi connectivity index (χ3n) is 2.22. The highest BCUT2D eigenvalue weighted by molar-refractivity contribution is 9.10. The summed E-state index contributed by atoms with van der Waals surface area (Å²) in [4.78, 5) is 1.22. The average molecular weight is 308 g/mol. The van der Waals surface area contributed by atoms with Gasteiger partial charge in [-0.05, 0) is 22.0 Å². The Balaban J connectivity index is 2.43. The number of thiophene rings is 1. The molecule has 0 aliphatic rings. The van der Waals surface area contributed by atoms with Gasteiger partial charge in [0, 0.05) is 30.0 Å². The summed E-state index contributed by atoms with van der Waals surface area (Å²) in [5, 5.41) is 13.3. The monoisotopic (exact) mass is 307 g/mol. The molecule has 0 saturated carbocycles. The van der Waals surface area contributed by atoms with Crippen LogP contribution in [0.3, 0.4) is 0 Å². The fourth-order valence-electron chi connectivity index (χ4n) is 1.20. The van der Waals surface area contributed by atoms with E-state index < -0.39 is 0 Å². The maximum atomic E-state index is 9.11. The topological polar surface area (TPSA) is 41.5 Å². The van der Waals surface area contributed by atoms with Crippen LogP contribution in [0.5, 0.6) is 5.06 Å². The number of nitrogens with one attached hydrogen (secondary N) is 1. The number of rotatable bonds is 6. The molecule has 2 N–H and O–H groups in total. The van der Waals surface area contributed by atoms with Gasteiger partial charge < -0.3 is 15.2 Å². The zero-order valence-corrected chi connectivity index (χ0v) is 12.2. The van der Waals surface area contributed by atoms with Gasteiger partial charge in [-0.3, -0.25) is 0 Å². The summed E-state index contributed by atoms with van der Waals surface area (Å²) in [6.07, 6.45) is 0. The lowest BCUT2D eigenvalue weighted by Crippen LogP contribution is -2.31. The highest BCUT2D eigenvalue weighted by Gasteiger charge is 2.15. The quantitative estimate of drug-likeness (QED) is 0.849. The number of aliphatic hydroxyl groups excluding tert-OH is 1. The summed E-state index contributed by atoms with van der Waals surface area (Å²) >= 11 is 5.06. The third kappa shape index (κ3) is 4.05. The van der Waals surface area contributed by atoms with Crippen molar-refractivity contribution in [2.24, 2.45) is 5.41 Å². The van der Waals surface area contributed by atoms with Gasteiger partial charge in [0.15, 0.2) is 5.06 Å². The Morgan fingerprint density at radius 2 is 2.25 bits per heavy atom. The van der Waals surface area contributed by atoms with Gasteiger partial charge in [-0.2, -0.15) is 0 Å². The van der Waals surface area contributed by atoms with Crippen molar-refractivity contribution in [3.8, 4) is 5.06 Å². The zero-order chi connectivity index (χ0) is 12.2. The first-order valence-corrected chi connectivity index (χ1v) is 6.73. The number of hydrogen-bond donors (Lipinski definition) is 2.